The summed E-state index contributed by atoms with van der Waals surface area (Å²) in [6.07, 6.45) is 0. The minimum absolute atomic E-state index is 0.208. The third-order valence-electron chi connectivity index (χ3n) is 4.29. The lowest BCUT2D eigenvalue weighted by atomic mass is 10.2. The summed E-state index contributed by atoms with van der Waals surface area (Å²) in [6, 6.07) is 14.6. The molecular weight excluding hydrogens is 416 g/mol. The van der Waals surface area contributed by atoms with E-state index in [1.54, 1.807) is 18.2 Å². The molecule has 2 aromatic rings. The molecule has 0 amide bonds. The second-order valence-electron chi connectivity index (χ2n) is 6.63. The zero-order chi connectivity index (χ0) is 22.5. The highest BCUT2D eigenvalue weighted by Crippen LogP contribution is 2.17. The van der Waals surface area contributed by atoms with Gasteiger partial charge in [0.2, 0.25) is 10.0 Å². The molecule has 0 heterocycles. The Kier molecular flexibility index (Phi) is 10.3. The van der Waals surface area contributed by atoms with Crippen LogP contribution >= 0.6 is 0 Å². The summed E-state index contributed by atoms with van der Waals surface area (Å²) in [6.45, 7) is 6.68. The zero-order valence-corrected chi connectivity index (χ0v) is 19.2. The van der Waals surface area contributed by atoms with E-state index >= 15 is 0 Å². The minimum Gasteiger partial charge on any atom is -0.494 e. The molecule has 0 atom stereocenters. The molecule has 8 nitrogen and oxygen atoms in total. The van der Waals surface area contributed by atoms with Crippen molar-refractivity contribution < 1.29 is 17.9 Å². The van der Waals surface area contributed by atoms with E-state index in [0.717, 1.165) is 16.9 Å². The maximum atomic E-state index is 12.4. The van der Waals surface area contributed by atoms with Gasteiger partial charge < -0.3 is 20.1 Å². The summed E-state index contributed by atoms with van der Waals surface area (Å²) in [5.41, 5.74) is 1.83. The number of nitrogens with zero attached hydrogens (tertiary/aromatic N) is 1. The number of para-hydroxylation sites is 1. The van der Waals surface area contributed by atoms with Crippen molar-refractivity contribution in [1.29, 1.82) is 0 Å². The molecule has 0 saturated heterocycles. The molecule has 0 aromatic heterocycles. The summed E-state index contributed by atoms with van der Waals surface area (Å²) in [7, 11) is -2.06. The van der Waals surface area contributed by atoms with Crippen molar-refractivity contribution in [3.05, 3.63) is 59.7 Å². The van der Waals surface area contributed by atoms with Crippen molar-refractivity contribution in [3.63, 3.8) is 0 Å². The second kappa shape index (κ2) is 12.9. The number of ether oxygens (including phenoxy) is 2. The van der Waals surface area contributed by atoms with Crippen molar-refractivity contribution >= 4 is 16.0 Å². The first-order valence-electron chi connectivity index (χ1n) is 10.3. The molecule has 0 fully saturated rings. The lowest BCUT2D eigenvalue weighted by Gasteiger charge is -2.14. The Morgan fingerprint density at radius 3 is 2.61 bits per heavy atom. The van der Waals surface area contributed by atoms with Crippen LogP contribution in [0.5, 0.6) is 5.75 Å². The van der Waals surface area contributed by atoms with Crippen molar-refractivity contribution in [1.82, 2.24) is 15.4 Å². The Labute approximate surface area is 185 Å². The van der Waals surface area contributed by atoms with Crippen LogP contribution in [0, 0.1) is 0 Å². The van der Waals surface area contributed by atoms with Gasteiger partial charge in [0, 0.05) is 32.3 Å². The van der Waals surface area contributed by atoms with Crippen LogP contribution < -0.4 is 20.1 Å². The normalized spacial score (nSPS) is 11.9. The second-order valence-corrected chi connectivity index (χ2v) is 8.39. The number of benzene rings is 2. The van der Waals surface area contributed by atoms with Crippen molar-refractivity contribution in [2.24, 2.45) is 4.99 Å². The van der Waals surface area contributed by atoms with Gasteiger partial charge in [-0.2, -0.15) is 0 Å². The van der Waals surface area contributed by atoms with Gasteiger partial charge in [-0.1, -0.05) is 30.3 Å². The molecular formula is C22H32N4O4S. The van der Waals surface area contributed by atoms with Crippen LogP contribution in [-0.4, -0.2) is 47.8 Å². The van der Waals surface area contributed by atoms with Gasteiger partial charge in [-0.05, 0) is 37.6 Å². The van der Waals surface area contributed by atoms with E-state index in [2.05, 4.69) is 20.3 Å². The van der Waals surface area contributed by atoms with E-state index in [1.165, 1.54) is 7.11 Å². The molecule has 3 N–H and O–H groups in total. The van der Waals surface area contributed by atoms with Crippen LogP contribution in [0.3, 0.4) is 0 Å². The van der Waals surface area contributed by atoms with Gasteiger partial charge in [0.1, 0.15) is 5.75 Å². The fraction of sp³-hybridized carbons (Fsp3) is 0.409. The van der Waals surface area contributed by atoms with E-state index in [4.69, 9.17) is 9.47 Å². The van der Waals surface area contributed by atoms with E-state index < -0.39 is 10.0 Å². The van der Waals surface area contributed by atoms with Crippen LogP contribution in [0.25, 0.3) is 0 Å². The average molecular weight is 449 g/mol. The smallest absolute Gasteiger partial charge is 0.240 e. The first-order chi connectivity index (χ1) is 15.0. The Bertz CT molecular complexity index is 948. The van der Waals surface area contributed by atoms with Gasteiger partial charge in [0.25, 0.3) is 0 Å². The lowest BCUT2D eigenvalue weighted by Crippen LogP contribution is -2.36. The number of methoxy groups -OCH3 is 1. The van der Waals surface area contributed by atoms with Gasteiger partial charge in [-0.3, -0.25) is 0 Å². The highest BCUT2D eigenvalue weighted by molar-refractivity contribution is 7.89. The molecule has 0 aliphatic heterocycles. The SMILES string of the molecule is CCNC(=NCc1cccc(S(=O)(=O)NCCOC)c1)NCc1ccccc1OCC. The molecule has 0 unspecified atom stereocenters. The van der Waals surface area contributed by atoms with Gasteiger partial charge in [0.05, 0.1) is 24.7 Å². The quantitative estimate of drug-likeness (QED) is 0.262. The van der Waals surface area contributed by atoms with Crippen LogP contribution in [0.15, 0.2) is 58.4 Å². The van der Waals surface area contributed by atoms with E-state index in [9.17, 15) is 8.42 Å². The summed E-state index contributed by atoms with van der Waals surface area (Å²) in [5, 5.41) is 6.51. The van der Waals surface area contributed by atoms with Crippen molar-refractivity contribution in [2.75, 3.05) is 33.4 Å². The molecule has 31 heavy (non-hydrogen) atoms. The van der Waals surface area contributed by atoms with Crippen LogP contribution in [0.2, 0.25) is 0 Å². The highest BCUT2D eigenvalue weighted by atomic mass is 32.2. The van der Waals surface area contributed by atoms with Gasteiger partial charge >= 0.3 is 0 Å². The van der Waals surface area contributed by atoms with Gasteiger partial charge in [-0.25, -0.2) is 18.1 Å². The van der Waals surface area contributed by atoms with E-state index in [0.29, 0.717) is 38.8 Å². The number of aliphatic imine (C=N–C) groups is 1. The Morgan fingerprint density at radius 2 is 1.87 bits per heavy atom. The summed E-state index contributed by atoms with van der Waals surface area (Å²) in [4.78, 5) is 4.80. The van der Waals surface area contributed by atoms with Crippen molar-refractivity contribution in [3.8, 4) is 5.75 Å². The summed E-state index contributed by atoms with van der Waals surface area (Å²) < 4.78 is 37.9. The molecule has 0 radical (unpaired) electrons. The molecule has 0 spiro atoms. The van der Waals surface area contributed by atoms with E-state index in [-0.39, 0.29) is 11.4 Å². The fourth-order valence-corrected chi connectivity index (χ4v) is 3.89. The summed E-state index contributed by atoms with van der Waals surface area (Å²) >= 11 is 0. The molecule has 9 heteroatoms. The fourth-order valence-electron chi connectivity index (χ4n) is 2.81. The molecule has 2 rings (SSSR count). The van der Waals surface area contributed by atoms with E-state index in [1.807, 2.05) is 44.2 Å². The number of rotatable bonds is 12. The molecule has 170 valence electrons. The molecule has 0 aliphatic rings. The standard InChI is InChI=1S/C22H32N4O4S/c1-4-23-22(25-17-19-10-6-7-12-21(19)30-5-2)24-16-18-9-8-11-20(15-18)31(27,28)26-13-14-29-3/h6-12,15,26H,4-5,13-14,16-17H2,1-3H3,(H2,23,24,25). The third kappa shape index (κ3) is 8.20. The zero-order valence-electron chi connectivity index (χ0n) is 18.3. The minimum atomic E-state index is -3.58. The molecule has 2 aromatic carbocycles. The first kappa shape index (κ1) is 24.6. The first-order valence-corrected chi connectivity index (χ1v) is 11.8. The number of sulfonamides is 1. The maximum Gasteiger partial charge on any atom is 0.240 e. The topological polar surface area (TPSA) is 101 Å². The Balaban J connectivity index is 2.07. The van der Waals surface area contributed by atoms with Gasteiger partial charge in [-0.15, -0.1) is 0 Å². The predicted octanol–water partition coefficient (Wildman–Crippen LogP) is 2.27. The number of nitrogens with one attached hydrogen (secondary N) is 3. The lowest BCUT2D eigenvalue weighted by molar-refractivity contribution is 0.204. The third-order valence-corrected chi connectivity index (χ3v) is 5.75. The Hall–Kier alpha value is -2.62. The number of hydrogen-bond donors (Lipinski definition) is 3. The molecule has 0 saturated carbocycles. The largest absolute Gasteiger partial charge is 0.494 e. The van der Waals surface area contributed by atoms with Crippen LogP contribution in [0.1, 0.15) is 25.0 Å². The average Bonchev–Trinajstić information content (AvgIpc) is 2.77. The monoisotopic (exact) mass is 448 g/mol. The van der Waals surface area contributed by atoms with Crippen LogP contribution in [-0.2, 0) is 27.8 Å². The maximum absolute atomic E-state index is 12.4. The van der Waals surface area contributed by atoms with Gasteiger partial charge in [0.15, 0.2) is 5.96 Å². The molecule has 0 aliphatic carbocycles. The van der Waals surface area contributed by atoms with Crippen LogP contribution in [0.4, 0.5) is 0 Å². The number of guanidine groups is 1. The summed E-state index contributed by atoms with van der Waals surface area (Å²) in [5.74, 6) is 1.48. The predicted molar refractivity (Wildman–Crippen MR) is 123 cm³/mol. The highest BCUT2D eigenvalue weighted by Gasteiger charge is 2.13. The Morgan fingerprint density at radius 1 is 1.06 bits per heavy atom. The van der Waals surface area contributed by atoms with Crippen molar-refractivity contribution in [2.45, 2.75) is 31.8 Å². The number of hydrogen-bond acceptors (Lipinski definition) is 5. The molecule has 0 bridgehead atoms.